The van der Waals surface area contributed by atoms with Crippen LogP contribution in [0.1, 0.15) is 20.3 Å². The molecule has 21 heavy (non-hydrogen) atoms. The summed E-state index contributed by atoms with van der Waals surface area (Å²) in [6.07, 6.45) is 2.01. The Morgan fingerprint density at radius 2 is 2.29 bits per heavy atom. The van der Waals surface area contributed by atoms with Crippen molar-refractivity contribution in [1.29, 1.82) is 0 Å². The standard InChI is InChI=1S/C12H17N5O3S/c1-3-7-9(10(18)20-4-2)8(16-11(19)15-7)5-21-12-13-6-14-17-12/h6-7H,3-5H2,1-2H3,(H,13,14,17)(H2,15,16,19)/t7-/m1/s1. The van der Waals surface area contributed by atoms with Crippen LogP contribution in [-0.4, -0.2) is 45.6 Å². The predicted molar refractivity (Wildman–Crippen MR) is 76.5 cm³/mol. The van der Waals surface area contributed by atoms with Gasteiger partial charge in [-0.1, -0.05) is 18.7 Å². The molecule has 2 heterocycles. The van der Waals surface area contributed by atoms with Crippen molar-refractivity contribution in [3.8, 4) is 0 Å². The summed E-state index contributed by atoms with van der Waals surface area (Å²) < 4.78 is 5.08. The zero-order valence-corrected chi connectivity index (χ0v) is 12.6. The first-order valence-electron chi connectivity index (χ1n) is 6.61. The molecule has 0 radical (unpaired) electrons. The summed E-state index contributed by atoms with van der Waals surface area (Å²) in [5.41, 5.74) is 1.01. The molecule has 1 aromatic heterocycles. The molecule has 8 nitrogen and oxygen atoms in total. The van der Waals surface area contributed by atoms with Crippen LogP contribution in [0.3, 0.4) is 0 Å². The highest BCUT2D eigenvalue weighted by molar-refractivity contribution is 7.99. The number of hydrogen-bond donors (Lipinski definition) is 3. The number of rotatable bonds is 6. The van der Waals surface area contributed by atoms with E-state index >= 15 is 0 Å². The summed E-state index contributed by atoms with van der Waals surface area (Å²) in [5, 5.41) is 12.5. The molecule has 2 rings (SSSR count). The first-order chi connectivity index (χ1) is 10.2. The van der Waals surface area contributed by atoms with Crippen LogP contribution >= 0.6 is 11.8 Å². The lowest BCUT2D eigenvalue weighted by atomic mass is 10.0. The Kier molecular flexibility index (Phi) is 5.20. The maximum absolute atomic E-state index is 12.1. The van der Waals surface area contributed by atoms with Crippen molar-refractivity contribution >= 4 is 23.8 Å². The second-order valence-corrected chi connectivity index (χ2v) is 5.22. The molecule has 3 N–H and O–H groups in total. The Morgan fingerprint density at radius 1 is 1.48 bits per heavy atom. The molecule has 2 amide bonds. The van der Waals surface area contributed by atoms with E-state index in [1.165, 1.54) is 18.1 Å². The lowest BCUT2D eigenvalue weighted by Crippen LogP contribution is -2.50. The van der Waals surface area contributed by atoms with Crippen molar-refractivity contribution in [2.45, 2.75) is 31.5 Å². The average Bonchev–Trinajstić information content (AvgIpc) is 2.97. The Balaban J connectivity index is 2.22. The number of thioether (sulfide) groups is 1. The first-order valence-corrected chi connectivity index (χ1v) is 7.60. The van der Waals surface area contributed by atoms with Gasteiger partial charge in [-0.3, -0.25) is 5.10 Å². The SMILES string of the molecule is CCOC(=O)C1=C(CSc2ncn[nH]2)NC(=O)N[C@@H]1CC. The fraction of sp³-hybridized carbons (Fsp3) is 0.500. The van der Waals surface area contributed by atoms with E-state index in [1.807, 2.05) is 6.92 Å². The van der Waals surface area contributed by atoms with E-state index < -0.39 is 5.97 Å². The lowest BCUT2D eigenvalue weighted by molar-refractivity contribution is -0.139. The Bertz CT molecular complexity index is 543. The number of aromatic amines is 1. The first kappa shape index (κ1) is 15.4. The van der Waals surface area contributed by atoms with Gasteiger partial charge in [-0.05, 0) is 13.3 Å². The minimum Gasteiger partial charge on any atom is -0.463 e. The van der Waals surface area contributed by atoms with Gasteiger partial charge in [-0.2, -0.15) is 5.10 Å². The molecule has 0 spiro atoms. The van der Waals surface area contributed by atoms with Crippen molar-refractivity contribution < 1.29 is 14.3 Å². The molecule has 0 saturated heterocycles. The summed E-state index contributed by atoms with van der Waals surface area (Å²) in [6, 6.07) is -0.661. The van der Waals surface area contributed by atoms with Crippen LogP contribution in [0.25, 0.3) is 0 Å². The van der Waals surface area contributed by atoms with E-state index in [-0.39, 0.29) is 18.7 Å². The molecule has 114 valence electrons. The number of carbonyl (C=O) groups is 2. The van der Waals surface area contributed by atoms with E-state index in [2.05, 4.69) is 25.8 Å². The maximum Gasteiger partial charge on any atom is 0.337 e. The van der Waals surface area contributed by atoms with Gasteiger partial charge < -0.3 is 15.4 Å². The maximum atomic E-state index is 12.1. The van der Waals surface area contributed by atoms with Crippen molar-refractivity contribution in [1.82, 2.24) is 25.8 Å². The van der Waals surface area contributed by atoms with Crippen molar-refractivity contribution in [2.24, 2.45) is 0 Å². The number of hydrogen-bond acceptors (Lipinski definition) is 6. The zero-order chi connectivity index (χ0) is 15.2. The van der Waals surface area contributed by atoms with Crippen molar-refractivity contribution in [2.75, 3.05) is 12.4 Å². The zero-order valence-electron chi connectivity index (χ0n) is 11.8. The molecule has 1 atom stereocenters. The van der Waals surface area contributed by atoms with Gasteiger partial charge in [0.25, 0.3) is 0 Å². The van der Waals surface area contributed by atoms with Gasteiger partial charge in [0.1, 0.15) is 6.33 Å². The number of carbonyl (C=O) groups excluding carboxylic acids is 2. The topological polar surface area (TPSA) is 109 Å². The summed E-state index contributed by atoms with van der Waals surface area (Å²) in [5.74, 6) is -0.0159. The molecule has 0 aromatic carbocycles. The number of nitrogens with one attached hydrogen (secondary N) is 3. The number of urea groups is 1. The third-order valence-electron chi connectivity index (χ3n) is 2.89. The third kappa shape index (κ3) is 3.75. The third-order valence-corrected chi connectivity index (χ3v) is 3.80. The van der Waals surface area contributed by atoms with E-state index in [0.29, 0.717) is 28.6 Å². The van der Waals surface area contributed by atoms with Crippen LogP contribution in [0.5, 0.6) is 0 Å². The van der Waals surface area contributed by atoms with Gasteiger partial charge >= 0.3 is 12.0 Å². The van der Waals surface area contributed by atoms with Gasteiger partial charge in [0, 0.05) is 11.4 Å². The van der Waals surface area contributed by atoms with Crippen LogP contribution in [0.2, 0.25) is 0 Å². The second-order valence-electron chi connectivity index (χ2n) is 4.25. The number of ether oxygens (including phenoxy) is 1. The Labute approximate surface area is 126 Å². The number of esters is 1. The minimum atomic E-state index is -0.412. The number of H-pyrrole nitrogens is 1. The monoisotopic (exact) mass is 311 g/mol. The van der Waals surface area contributed by atoms with Crippen LogP contribution in [0, 0.1) is 0 Å². The van der Waals surface area contributed by atoms with Crippen LogP contribution < -0.4 is 10.6 Å². The van der Waals surface area contributed by atoms with Gasteiger partial charge in [-0.15, -0.1) is 0 Å². The molecular weight excluding hydrogens is 294 g/mol. The molecular formula is C12H17N5O3S. The summed E-state index contributed by atoms with van der Waals surface area (Å²) >= 11 is 1.35. The molecule has 1 aliphatic heterocycles. The van der Waals surface area contributed by atoms with Crippen LogP contribution in [-0.2, 0) is 9.53 Å². The number of nitrogens with zero attached hydrogens (tertiary/aromatic N) is 2. The van der Waals surface area contributed by atoms with Gasteiger partial charge in [0.15, 0.2) is 5.16 Å². The molecule has 9 heteroatoms. The number of aromatic nitrogens is 3. The minimum absolute atomic E-state index is 0.287. The van der Waals surface area contributed by atoms with Crippen molar-refractivity contribution in [3.63, 3.8) is 0 Å². The molecule has 0 aliphatic carbocycles. The summed E-state index contributed by atoms with van der Waals surface area (Å²) in [4.78, 5) is 27.8. The molecule has 0 unspecified atom stereocenters. The molecule has 0 fully saturated rings. The summed E-state index contributed by atoms with van der Waals surface area (Å²) in [7, 11) is 0. The quantitative estimate of drug-likeness (QED) is 0.530. The van der Waals surface area contributed by atoms with E-state index in [9.17, 15) is 9.59 Å². The van der Waals surface area contributed by atoms with Gasteiger partial charge in [0.05, 0.1) is 18.2 Å². The highest BCUT2D eigenvalue weighted by atomic mass is 32.2. The molecule has 1 aromatic rings. The van der Waals surface area contributed by atoms with Crippen molar-refractivity contribution in [3.05, 3.63) is 17.6 Å². The predicted octanol–water partition coefficient (Wildman–Crippen LogP) is 0.805. The molecule has 1 aliphatic rings. The highest BCUT2D eigenvalue weighted by Crippen LogP contribution is 2.22. The number of amides is 2. The summed E-state index contributed by atoms with van der Waals surface area (Å²) in [6.45, 7) is 3.93. The van der Waals surface area contributed by atoms with Gasteiger partial charge in [0.2, 0.25) is 0 Å². The average molecular weight is 311 g/mol. The van der Waals surface area contributed by atoms with Gasteiger partial charge in [-0.25, -0.2) is 14.6 Å². The Hall–Kier alpha value is -2.03. The fourth-order valence-corrected chi connectivity index (χ4v) is 2.73. The highest BCUT2D eigenvalue weighted by Gasteiger charge is 2.31. The van der Waals surface area contributed by atoms with E-state index in [4.69, 9.17) is 4.74 Å². The normalized spacial score (nSPS) is 18.2. The molecule has 0 saturated carbocycles. The van der Waals surface area contributed by atoms with E-state index in [1.54, 1.807) is 6.92 Å². The molecule has 0 bridgehead atoms. The Morgan fingerprint density at radius 3 is 2.90 bits per heavy atom. The fourth-order valence-electron chi connectivity index (χ4n) is 1.98. The second kappa shape index (κ2) is 7.11. The smallest absolute Gasteiger partial charge is 0.337 e. The largest absolute Gasteiger partial charge is 0.463 e. The lowest BCUT2D eigenvalue weighted by Gasteiger charge is -2.28. The van der Waals surface area contributed by atoms with Crippen LogP contribution in [0.15, 0.2) is 22.8 Å². The van der Waals surface area contributed by atoms with E-state index in [0.717, 1.165) is 0 Å². The van der Waals surface area contributed by atoms with Crippen LogP contribution in [0.4, 0.5) is 4.79 Å².